The molecule has 5 heavy (non-hydrogen) atoms. The molecule has 0 heterocycles. The van der Waals surface area contributed by atoms with Gasteiger partial charge in [0.1, 0.15) is 0 Å². The molecule has 0 aromatic rings. The first-order chi connectivity index (χ1) is 2.00. The molecule has 0 radical (unpaired) electrons. The Hall–Kier alpha value is 3.41. The summed E-state index contributed by atoms with van der Waals surface area (Å²) >= 11 is 9.73. The zero-order chi connectivity index (χ0) is 4.50. The summed E-state index contributed by atoms with van der Waals surface area (Å²) in [6, 6.07) is 0. The third-order valence-corrected chi connectivity index (χ3v) is 0. The quantitative estimate of drug-likeness (QED) is 0.311. The van der Waals surface area contributed by atoms with Crippen LogP contribution in [0.25, 0.3) is 0 Å². The van der Waals surface area contributed by atoms with Gasteiger partial charge in [-0.05, 0) is 0 Å². The topological polar surface area (TPSA) is 0 Å². The van der Waals surface area contributed by atoms with Crippen LogP contribution in [0.4, 0.5) is 0 Å². The van der Waals surface area contributed by atoms with Crippen LogP contribution in [0.15, 0.2) is 0 Å². The van der Waals surface area contributed by atoms with E-state index in [4.69, 9.17) is 0 Å². The van der Waals surface area contributed by atoms with Gasteiger partial charge in [0.05, 0.1) is 0 Å². The minimum atomic E-state index is -0.370. The summed E-state index contributed by atoms with van der Waals surface area (Å²) in [6.07, 6.45) is 0. The van der Waals surface area contributed by atoms with E-state index >= 15 is 0 Å². The number of hydrogen-bond acceptors (Lipinski definition) is 0. The van der Waals surface area contributed by atoms with Gasteiger partial charge >= 0.3 is 81.6 Å². The predicted molar refractivity (Wildman–Crippen MR) is 56.1 cm³/mol. The molecule has 0 bridgehead atoms. The van der Waals surface area contributed by atoms with Crippen LogP contribution < -0.4 is 0 Å². The maximum absolute atomic E-state index is 2.43. The van der Waals surface area contributed by atoms with Crippen LogP contribution in [0.2, 0.25) is 0 Å². The Morgan fingerprint density at radius 3 is 0.800 bits per heavy atom. The first-order valence-electron chi connectivity index (χ1n) is 0.478. The molecule has 0 saturated heterocycles. The van der Waals surface area contributed by atoms with Crippen molar-refractivity contribution in [2.24, 2.45) is 0 Å². The Balaban J connectivity index is 3.02. The zero-order valence-corrected chi connectivity index (χ0v) is 11.4. The third kappa shape index (κ3) is 18.6. The zero-order valence-electron chi connectivity index (χ0n) is 1.83. The van der Waals surface area contributed by atoms with E-state index in [-0.39, 0.29) is -0.351 Å². The fraction of sp³-hybridized carbons (Fsp3) is 0. The van der Waals surface area contributed by atoms with Crippen LogP contribution in [-0.2, 0) is -0.351 Å². The van der Waals surface area contributed by atoms with Gasteiger partial charge in [-0.25, -0.2) is 0 Å². The van der Waals surface area contributed by atoms with Crippen molar-refractivity contribution in [1.29, 1.82) is 0 Å². The van der Waals surface area contributed by atoms with Crippen LogP contribution in [0.1, 0.15) is 0 Å². The van der Waals surface area contributed by atoms with Crippen molar-refractivity contribution in [2.75, 3.05) is 0 Å². The second kappa shape index (κ2) is 3.44. The minimum absolute atomic E-state index is 0.370. The van der Waals surface area contributed by atoms with E-state index in [1.807, 2.05) is 0 Å². The molecule has 0 unspecified atom stereocenters. The van der Waals surface area contributed by atoms with Crippen molar-refractivity contribution < 1.29 is -0.351 Å². The Kier molecular flexibility index (Phi) is 5.79. The van der Waals surface area contributed by atoms with Gasteiger partial charge in [-0.1, -0.05) is 0 Å². The van der Waals surface area contributed by atoms with E-state index in [0.29, 0.717) is 0 Å². The molecule has 0 atom stereocenters. The van der Waals surface area contributed by atoms with Gasteiger partial charge < -0.3 is 0 Å². The number of rotatable bonds is 0. The van der Waals surface area contributed by atoms with Crippen LogP contribution in [0.3, 0.4) is 0 Å². The van der Waals surface area contributed by atoms with Crippen molar-refractivity contribution in [1.82, 2.24) is 0 Å². The molecule has 40 valence electrons. The average Bonchev–Trinajstić information content (AvgIpc) is 0.722. The molecule has 0 aliphatic carbocycles. The van der Waals surface area contributed by atoms with Gasteiger partial charge in [0, 0.05) is 0 Å². The second-order valence-electron chi connectivity index (χ2n) is 0.271. The molecule has 0 saturated carbocycles. The summed E-state index contributed by atoms with van der Waals surface area (Å²) < 4.78 is -0.370. The van der Waals surface area contributed by atoms with Gasteiger partial charge in [-0.3, -0.25) is 0 Å². The second-order valence-corrected chi connectivity index (χ2v) is 50.3. The summed E-state index contributed by atoms with van der Waals surface area (Å²) in [5.41, 5.74) is 0. The normalized spacial score (nSPS) is 15.2. The fourth-order valence-corrected chi connectivity index (χ4v) is 0. The molecule has 0 aliphatic rings. The van der Waals surface area contributed by atoms with Gasteiger partial charge in [0.25, 0.3) is 0 Å². The van der Waals surface area contributed by atoms with Crippen molar-refractivity contribution in [3.8, 4) is 0 Å². The Bertz CT molecular complexity index is 19.1. The fourth-order valence-electron chi connectivity index (χ4n) is 0. The maximum atomic E-state index is 2.43. The third-order valence-electron chi connectivity index (χ3n) is 0. The van der Waals surface area contributed by atoms with E-state index in [1.165, 1.54) is 0 Å². The molecule has 0 N–H and O–H groups in total. The SMILES string of the molecule is [I][Ni-2]([I])([I])[I]. The van der Waals surface area contributed by atoms with Crippen molar-refractivity contribution in [3.63, 3.8) is 0 Å². The van der Waals surface area contributed by atoms with Gasteiger partial charge in [-0.15, -0.1) is 0 Å². The Morgan fingerprint density at radius 2 is 0.800 bits per heavy atom. The van der Waals surface area contributed by atoms with E-state index in [9.17, 15) is 0 Å². The summed E-state index contributed by atoms with van der Waals surface area (Å²) in [5.74, 6) is 0. The van der Waals surface area contributed by atoms with Crippen LogP contribution in [0.5, 0.6) is 0 Å². The molecule has 5 heteroatoms. The molecule has 0 aliphatic heterocycles. The summed E-state index contributed by atoms with van der Waals surface area (Å²) in [5, 5.41) is 0. The molecule has 0 aromatic carbocycles. The Morgan fingerprint density at radius 1 is 0.800 bits per heavy atom. The summed E-state index contributed by atoms with van der Waals surface area (Å²) in [6.45, 7) is 0. The van der Waals surface area contributed by atoms with Gasteiger partial charge in [0.2, 0.25) is 0 Å². The molecule has 0 spiro atoms. The van der Waals surface area contributed by atoms with Crippen molar-refractivity contribution in [3.05, 3.63) is 0 Å². The summed E-state index contributed by atoms with van der Waals surface area (Å²) in [4.78, 5) is 0. The van der Waals surface area contributed by atoms with Crippen LogP contribution in [-0.4, -0.2) is 0 Å². The van der Waals surface area contributed by atoms with Crippen molar-refractivity contribution >= 4 is 81.9 Å². The Labute approximate surface area is 79.2 Å². The molecular formula is I4Ni-2. The average molecular weight is 566 g/mol. The van der Waals surface area contributed by atoms with Crippen molar-refractivity contribution in [2.45, 2.75) is 0 Å². The van der Waals surface area contributed by atoms with Gasteiger partial charge in [0.15, 0.2) is 0 Å². The van der Waals surface area contributed by atoms with Gasteiger partial charge in [-0.2, -0.15) is 0 Å². The van der Waals surface area contributed by atoms with E-state index in [1.54, 1.807) is 0 Å². The summed E-state index contributed by atoms with van der Waals surface area (Å²) in [7, 11) is 0. The predicted octanol–water partition coefficient (Wildman–Crippen LogP) is 3.54. The van der Waals surface area contributed by atoms with E-state index in [2.05, 4.69) is 81.9 Å². The van der Waals surface area contributed by atoms with E-state index < -0.39 is 0 Å². The molecule has 0 amide bonds. The molecule has 0 fully saturated rings. The standard InChI is InChI=1S/4HI.Ni/h4*1H;/q;;;;+2/p-4. The molecule has 0 rings (SSSR count). The van der Waals surface area contributed by atoms with Crippen LogP contribution >= 0.6 is 81.9 Å². The monoisotopic (exact) mass is 566 g/mol. The number of hydrogen-bond donors (Lipinski definition) is 0. The number of halogens is 4. The first-order valence-corrected chi connectivity index (χ1v) is 13.2. The van der Waals surface area contributed by atoms with Crippen LogP contribution in [0, 0.1) is 0 Å². The molecule has 0 aromatic heterocycles. The first kappa shape index (κ1) is 8.41. The molecule has 0 nitrogen and oxygen atoms in total. The van der Waals surface area contributed by atoms with E-state index in [0.717, 1.165) is 0 Å². The molecular weight excluding hydrogens is 566 g/mol.